The summed E-state index contributed by atoms with van der Waals surface area (Å²) in [6, 6.07) is 1.68. The van der Waals surface area contributed by atoms with Gasteiger partial charge in [-0.2, -0.15) is 0 Å². The molecule has 1 aromatic heterocycles. The lowest BCUT2D eigenvalue weighted by atomic mass is 10.3. The molecule has 0 amide bonds. The van der Waals surface area contributed by atoms with Crippen molar-refractivity contribution in [2.45, 2.75) is 0 Å². The van der Waals surface area contributed by atoms with Gasteiger partial charge in [0.1, 0.15) is 6.54 Å². The Labute approximate surface area is 75.8 Å². The van der Waals surface area contributed by atoms with Crippen LogP contribution in [0, 0.1) is 0 Å². The van der Waals surface area contributed by atoms with Gasteiger partial charge in [0.2, 0.25) is 0 Å². The Kier molecular flexibility index (Phi) is 2.69. The van der Waals surface area contributed by atoms with Gasteiger partial charge in [-0.25, -0.2) is 0 Å². The molecule has 3 N–H and O–H groups in total. The number of carboxylic acid groups (broad SMARTS) is 1. The van der Waals surface area contributed by atoms with E-state index in [9.17, 15) is 4.79 Å². The topological polar surface area (TPSA) is 79.5 Å². The first-order valence-electron chi connectivity index (χ1n) is 3.73. The molecule has 70 valence electrons. The molecule has 0 spiro atoms. The largest absolute Gasteiger partial charge is 0.480 e. The highest BCUT2D eigenvalue weighted by atomic mass is 16.4. The van der Waals surface area contributed by atoms with E-state index in [0.717, 1.165) is 0 Å². The van der Waals surface area contributed by atoms with Crippen LogP contribution < -0.4 is 10.6 Å². The number of likely N-dealkylation sites (N-methyl/N-ethyl adjacent to an activating group) is 1. The number of carboxylic acids is 1. The van der Waals surface area contributed by atoms with Crippen molar-refractivity contribution < 1.29 is 9.90 Å². The molecule has 0 saturated heterocycles. The maximum Gasteiger partial charge on any atom is 0.323 e. The van der Waals surface area contributed by atoms with Crippen molar-refractivity contribution in [2.24, 2.45) is 0 Å². The summed E-state index contributed by atoms with van der Waals surface area (Å²) in [5.74, 6) is -0.890. The Morgan fingerprint density at radius 3 is 3.00 bits per heavy atom. The third-order valence-corrected chi connectivity index (χ3v) is 1.61. The Hall–Kier alpha value is -1.78. The van der Waals surface area contributed by atoms with Crippen LogP contribution in [0.15, 0.2) is 18.5 Å². The summed E-state index contributed by atoms with van der Waals surface area (Å²) >= 11 is 0. The molecule has 5 heteroatoms. The summed E-state index contributed by atoms with van der Waals surface area (Å²) in [5, 5.41) is 8.54. The van der Waals surface area contributed by atoms with E-state index in [-0.39, 0.29) is 6.54 Å². The molecule has 13 heavy (non-hydrogen) atoms. The Balaban J connectivity index is 2.82. The number of anilines is 2. The van der Waals surface area contributed by atoms with Gasteiger partial charge in [-0.1, -0.05) is 0 Å². The van der Waals surface area contributed by atoms with E-state index in [0.29, 0.717) is 11.4 Å². The predicted octanol–water partition coefficient (Wildman–Crippen LogP) is 0.185. The van der Waals surface area contributed by atoms with Crippen LogP contribution >= 0.6 is 0 Å². The minimum absolute atomic E-state index is 0.0752. The number of aliphatic carboxylic acids is 1. The molecule has 0 aliphatic heterocycles. The van der Waals surface area contributed by atoms with Crippen LogP contribution in [0.1, 0.15) is 0 Å². The van der Waals surface area contributed by atoms with E-state index in [1.165, 1.54) is 6.20 Å². The van der Waals surface area contributed by atoms with Gasteiger partial charge in [0.15, 0.2) is 0 Å². The molecule has 0 unspecified atom stereocenters. The molecular weight excluding hydrogens is 170 g/mol. The van der Waals surface area contributed by atoms with Crippen molar-refractivity contribution in [3.05, 3.63) is 18.5 Å². The minimum atomic E-state index is -0.890. The standard InChI is InChI=1S/C8H11N3O2/c1-11(5-8(12)13)7-2-3-10-4-6(7)9/h2-4H,5,9H2,1H3,(H,12,13). The quantitative estimate of drug-likeness (QED) is 0.695. The van der Waals surface area contributed by atoms with Gasteiger partial charge < -0.3 is 15.7 Å². The second-order valence-electron chi connectivity index (χ2n) is 2.68. The SMILES string of the molecule is CN(CC(=O)O)c1ccncc1N. The molecule has 1 heterocycles. The number of nitrogens with zero attached hydrogens (tertiary/aromatic N) is 2. The lowest BCUT2D eigenvalue weighted by molar-refractivity contribution is -0.135. The zero-order valence-corrected chi connectivity index (χ0v) is 7.27. The average molecular weight is 181 g/mol. The van der Waals surface area contributed by atoms with Crippen molar-refractivity contribution in [3.8, 4) is 0 Å². The van der Waals surface area contributed by atoms with Crippen molar-refractivity contribution >= 4 is 17.3 Å². The van der Waals surface area contributed by atoms with Crippen molar-refractivity contribution in [1.29, 1.82) is 0 Å². The molecule has 1 rings (SSSR count). The zero-order valence-electron chi connectivity index (χ0n) is 7.27. The smallest absolute Gasteiger partial charge is 0.323 e. The summed E-state index contributed by atoms with van der Waals surface area (Å²) in [6.45, 7) is -0.0752. The van der Waals surface area contributed by atoms with Crippen LogP contribution in [0.3, 0.4) is 0 Å². The van der Waals surface area contributed by atoms with Crippen molar-refractivity contribution in [1.82, 2.24) is 4.98 Å². The highest BCUT2D eigenvalue weighted by Crippen LogP contribution is 2.18. The fourth-order valence-electron chi connectivity index (χ4n) is 1.04. The highest BCUT2D eigenvalue weighted by molar-refractivity contribution is 5.76. The molecule has 0 atom stereocenters. The van der Waals surface area contributed by atoms with Gasteiger partial charge in [-0.05, 0) is 6.07 Å². The predicted molar refractivity (Wildman–Crippen MR) is 49.6 cm³/mol. The number of nitrogens with two attached hydrogens (primary N) is 1. The Morgan fingerprint density at radius 2 is 2.46 bits per heavy atom. The van der Waals surface area contributed by atoms with Crippen LogP contribution in [0.4, 0.5) is 11.4 Å². The van der Waals surface area contributed by atoms with Crippen LogP contribution in [0.2, 0.25) is 0 Å². The fraction of sp³-hybridized carbons (Fsp3) is 0.250. The van der Waals surface area contributed by atoms with Gasteiger partial charge in [-0.3, -0.25) is 9.78 Å². The van der Waals surface area contributed by atoms with Crippen LogP contribution in [-0.2, 0) is 4.79 Å². The second-order valence-corrected chi connectivity index (χ2v) is 2.68. The van der Waals surface area contributed by atoms with Gasteiger partial charge in [0, 0.05) is 13.2 Å². The summed E-state index contributed by atoms with van der Waals surface area (Å²) in [5.41, 5.74) is 6.76. The number of rotatable bonds is 3. The Morgan fingerprint density at radius 1 is 1.77 bits per heavy atom. The number of carbonyl (C=O) groups is 1. The number of hydrogen-bond acceptors (Lipinski definition) is 4. The third kappa shape index (κ3) is 2.33. The maximum absolute atomic E-state index is 10.4. The first-order chi connectivity index (χ1) is 6.11. The fourth-order valence-corrected chi connectivity index (χ4v) is 1.04. The lowest BCUT2D eigenvalue weighted by Crippen LogP contribution is -2.25. The molecule has 0 aliphatic rings. The van der Waals surface area contributed by atoms with Crippen LogP contribution in [0.5, 0.6) is 0 Å². The van der Waals surface area contributed by atoms with Gasteiger partial charge in [0.05, 0.1) is 17.6 Å². The van der Waals surface area contributed by atoms with Crippen molar-refractivity contribution in [2.75, 3.05) is 24.2 Å². The molecule has 0 aromatic carbocycles. The van der Waals surface area contributed by atoms with E-state index in [1.807, 2.05) is 0 Å². The van der Waals surface area contributed by atoms with E-state index in [2.05, 4.69) is 4.98 Å². The Bertz CT molecular complexity index is 314. The summed E-state index contributed by atoms with van der Waals surface area (Å²) < 4.78 is 0. The molecule has 1 aromatic rings. The molecule has 5 nitrogen and oxygen atoms in total. The maximum atomic E-state index is 10.4. The summed E-state index contributed by atoms with van der Waals surface area (Å²) in [4.78, 5) is 15.8. The van der Waals surface area contributed by atoms with Gasteiger partial charge in [-0.15, -0.1) is 0 Å². The molecule has 0 saturated carbocycles. The first kappa shape index (κ1) is 9.31. The number of hydrogen-bond donors (Lipinski definition) is 2. The second kappa shape index (κ2) is 3.75. The molecule has 0 aliphatic carbocycles. The van der Waals surface area contributed by atoms with Crippen molar-refractivity contribution in [3.63, 3.8) is 0 Å². The van der Waals surface area contributed by atoms with E-state index in [1.54, 1.807) is 24.2 Å². The molecule has 0 bridgehead atoms. The summed E-state index contributed by atoms with van der Waals surface area (Å²) in [7, 11) is 1.67. The monoisotopic (exact) mass is 181 g/mol. The molecule has 0 fully saturated rings. The number of nitrogen functional groups attached to an aromatic ring is 1. The number of pyridine rings is 1. The van der Waals surface area contributed by atoms with Crippen LogP contribution in [0.25, 0.3) is 0 Å². The van der Waals surface area contributed by atoms with E-state index < -0.39 is 5.97 Å². The van der Waals surface area contributed by atoms with E-state index >= 15 is 0 Å². The summed E-state index contributed by atoms with van der Waals surface area (Å²) in [6.07, 6.45) is 3.07. The highest BCUT2D eigenvalue weighted by Gasteiger charge is 2.07. The zero-order chi connectivity index (χ0) is 9.84. The number of aromatic nitrogens is 1. The average Bonchev–Trinajstić information content (AvgIpc) is 2.03. The van der Waals surface area contributed by atoms with Gasteiger partial charge in [0.25, 0.3) is 0 Å². The molecular formula is C8H11N3O2. The van der Waals surface area contributed by atoms with Gasteiger partial charge >= 0.3 is 5.97 Å². The first-order valence-corrected chi connectivity index (χ1v) is 3.73. The van der Waals surface area contributed by atoms with Crippen LogP contribution in [-0.4, -0.2) is 29.7 Å². The third-order valence-electron chi connectivity index (χ3n) is 1.61. The lowest BCUT2D eigenvalue weighted by Gasteiger charge is -2.17. The molecule has 0 radical (unpaired) electrons. The van der Waals surface area contributed by atoms with E-state index in [4.69, 9.17) is 10.8 Å². The minimum Gasteiger partial charge on any atom is -0.480 e. The normalized spacial score (nSPS) is 9.62.